The molecule has 88 valence electrons. The average Bonchev–Trinajstić information content (AvgIpc) is 2.26. The highest BCUT2D eigenvalue weighted by Gasteiger charge is 2.20. The van der Waals surface area contributed by atoms with Crippen molar-refractivity contribution in [3.05, 3.63) is 0 Å². The predicted octanol–water partition coefficient (Wildman–Crippen LogP) is 2.26. The first-order chi connectivity index (χ1) is 7.13. The van der Waals surface area contributed by atoms with Crippen molar-refractivity contribution in [3.63, 3.8) is 0 Å². The van der Waals surface area contributed by atoms with Crippen LogP contribution in [0.15, 0.2) is 0 Å². The smallest absolute Gasteiger partial charge is 0.226 e. The molecule has 15 heavy (non-hydrogen) atoms. The standard InChI is InChI=1S/C12H22O3/c1-3-5-6-7-8-9-11(14)12(15)10(13)4-2/h10,13H,3-9H2,1-2H3. The Morgan fingerprint density at radius 2 is 1.67 bits per heavy atom. The Balaban J connectivity index is 3.61. The van der Waals surface area contributed by atoms with Gasteiger partial charge in [0.05, 0.1) is 0 Å². The molecular formula is C12H22O3. The van der Waals surface area contributed by atoms with Gasteiger partial charge in [-0.25, -0.2) is 0 Å². The molecule has 0 aromatic rings. The number of aliphatic hydroxyl groups excluding tert-OH is 1. The lowest BCUT2D eigenvalue weighted by Gasteiger charge is -2.05. The van der Waals surface area contributed by atoms with Crippen LogP contribution in [0.4, 0.5) is 0 Å². The highest BCUT2D eigenvalue weighted by molar-refractivity contribution is 6.38. The van der Waals surface area contributed by atoms with Gasteiger partial charge in [0, 0.05) is 6.42 Å². The number of hydrogen-bond acceptors (Lipinski definition) is 3. The third kappa shape index (κ3) is 6.39. The van der Waals surface area contributed by atoms with Crippen molar-refractivity contribution in [3.8, 4) is 0 Å². The third-order valence-corrected chi connectivity index (χ3v) is 2.47. The van der Waals surface area contributed by atoms with Gasteiger partial charge in [0.25, 0.3) is 0 Å². The van der Waals surface area contributed by atoms with Gasteiger partial charge in [0.2, 0.25) is 11.6 Å². The van der Waals surface area contributed by atoms with E-state index in [-0.39, 0.29) is 0 Å². The molecule has 0 amide bonds. The van der Waals surface area contributed by atoms with Crippen LogP contribution in [0.3, 0.4) is 0 Å². The van der Waals surface area contributed by atoms with Crippen molar-refractivity contribution < 1.29 is 14.7 Å². The number of Topliss-reactive ketones (excluding diaryl/α,β-unsaturated/α-hetero) is 2. The Labute approximate surface area is 91.9 Å². The lowest BCUT2D eigenvalue weighted by molar-refractivity contribution is -0.141. The summed E-state index contributed by atoms with van der Waals surface area (Å²) in [6, 6.07) is 0. The number of hydrogen-bond donors (Lipinski definition) is 1. The highest BCUT2D eigenvalue weighted by Crippen LogP contribution is 2.06. The molecule has 0 bridgehead atoms. The van der Waals surface area contributed by atoms with Crippen molar-refractivity contribution in [2.45, 2.75) is 64.9 Å². The van der Waals surface area contributed by atoms with Gasteiger partial charge < -0.3 is 5.11 Å². The fraction of sp³-hybridized carbons (Fsp3) is 0.833. The van der Waals surface area contributed by atoms with Crippen LogP contribution < -0.4 is 0 Å². The number of aliphatic hydroxyl groups is 1. The molecule has 1 unspecified atom stereocenters. The number of carbonyl (C=O) groups is 2. The molecule has 0 rings (SSSR count). The Bertz CT molecular complexity index is 199. The molecule has 1 N–H and O–H groups in total. The zero-order valence-corrected chi connectivity index (χ0v) is 9.79. The van der Waals surface area contributed by atoms with Crippen molar-refractivity contribution in [2.24, 2.45) is 0 Å². The highest BCUT2D eigenvalue weighted by atomic mass is 16.3. The van der Waals surface area contributed by atoms with Gasteiger partial charge in [-0.15, -0.1) is 0 Å². The maximum absolute atomic E-state index is 11.3. The van der Waals surface area contributed by atoms with Crippen LogP contribution in [0, 0.1) is 0 Å². The zero-order chi connectivity index (χ0) is 11.7. The van der Waals surface area contributed by atoms with E-state index in [1.807, 2.05) is 0 Å². The maximum Gasteiger partial charge on any atom is 0.226 e. The van der Waals surface area contributed by atoms with Crippen molar-refractivity contribution >= 4 is 11.6 Å². The van der Waals surface area contributed by atoms with Gasteiger partial charge in [-0.2, -0.15) is 0 Å². The van der Waals surface area contributed by atoms with E-state index in [9.17, 15) is 9.59 Å². The zero-order valence-electron chi connectivity index (χ0n) is 9.79. The normalized spacial score (nSPS) is 12.5. The summed E-state index contributed by atoms with van der Waals surface area (Å²) in [5.41, 5.74) is 0. The summed E-state index contributed by atoms with van der Waals surface area (Å²) < 4.78 is 0. The molecule has 0 aliphatic heterocycles. The van der Waals surface area contributed by atoms with Crippen LogP contribution in [-0.2, 0) is 9.59 Å². The fourth-order valence-corrected chi connectivity index (χ4v) is 1.38. The Hall–Kier alpha value is -0.700. The SMILES string of the molecule is CCCCCCCC(=O)C(=O)C(O)CC. The molecular weight excluding hydrogens is 192 g/mol. The lowest BCUT2D eigenvalue weighted by atomic mass is 10.0. The Kier molecular flexibility index (Phi) is 8.19. The van der Waals surface area contributed by atoms with Gasteiger partial charge >= 0.3 is 0 Å². The van der Waals surface area contributed by atoms with Gasteiger partial charge in [-0.3, -0.25) is 9.59 Å². The summed E-state index contributed by atoms with van der Waals surface area (Å²) in [6.45, 7) is 3.82. The van der Waals surface area contributed by atoms with Crippen LogP contribution in [0.1, 0.15) is 58.8 Å². The van der Waals surface area contributed by atoms with Crippen LogP contribution in [0.25, 0.3) is 0 Å². The molecule has 0 saturated carbocycles. The van der Waals surface area contributed by atoms with E-state index in [0.29, 0.717) is 12.8 Å². The second kappa shape index (κ2) is 8.60. The molecule has 0 saturated heterocycles. The monoisotopic (exact) mass is 214 g/mol. The van der Waals surface area contributed by atoms with E-state index in [4.69, 9.17) is 5.11 Å². The molecule has 1 atom stereocenters. The van der Waals surface area contributed by atoms with Gasteiger partial charge in [0.1, 0.15) is 6.10 Å². The molecule has 0 aromatic carbocycles. The van der Waals surface area contributed by atoms with E-state index in [0.717, 1.165) is 19.3 Å². The summed E-state index contributed by atoms with van der Waals surface area (Å²) in [5.74, 6) is -1.03. The van der Waals surface area contributed by atoms with Crippen LogP contribution in [-0.4, -0.2) is 22.8 Å². The molecule has 0 aromatic heterocycles. The molecule has 3 nitrogen and oxygen atoms in total. The number of unbranched alkanes of at least 4 members (excludes halogenated alkanes) is 4. The summed E-state index contributed by atoms with van der Waals surface area (Å²) >= 11 is 0. The minimum Gasteiger partial charge on any atom is -0.385 e. The van der Waals surface area contributed by atoms with Crippen molar-refractivity contribution in [2.75, 3.05) is 0 Å². The van der Waals surface area contributed by atoms with Crippen molar-refractivity contribution in [1.29, 1.82) is 0 Å². The molecule has 0 fully saturated rings. The van der Waals surface area contributed by atoms with E-state index < -0.39 is 17.7 Å². The first kappa shape index (κ1) is 14.3. The fourth-order valence-electron chi connectivity index (χ4n) is 1.38. The Morgan fingerprint density at radius 3 is 2.20 bits per heavy atom. The summed E-state index contributed by atoms with van der Waals surface area (Å²) in [6.07, 6.45) is 4.75. The van der Waals surface area contributed by atoms with E-state index in [1.54, 1.807) is 6.92 Å². The third-order valence-electron chi connectivity index (χ3n) is 2.47. The summed E-state index contributed by atoms with van der Waals surface area (Å²) in [7, 11) is 0. The van der Waals surface area contributed by atoms with E-state index >= 15 is 0 Å². The van der Waals surface area contributed by atoms with Gasteiger partial charge in [-0.1, -0.05) is 39.5 Å². The minimum absolute atomic E-state index is 0.291. The first-order valence-electron chi connectivity index (χ1n) is 5.88. The first-order valence-corrected chi connectivity index (χ1v) is 5.88. The average molecular weight is 214 g/mol. The van der Waals surface area contributed by atoms with Crippen LogP contribution >= 0.6 is 0 Å². The molecule has 3 heteroatoms. The van der Waals surface area contributed by atoms with E-state index in [2.05, 4.69) is 6.92 Å². The van der Waals surface area contributed by atoms with Crippen LogP contribution in [0.5, 0.6) is 0 Å². The number of ketones is 2. The van der Waals surface area contributed by atoms with E-state index in [1.165, 1.54) is 12.8 Å². The summed E-state index contributed by atoms with van der Waals surface area (Å²) in [4.78, 5) is 22.5. The van der Waals surface area contributed by atoms with Gasteiger partial charge in [0.15, 0.2) is 0 Å². The predicted molar refractivity (Wildman–Crippen MR) is 59.7 cm³/mol. The lowest BCUT2D eigenvalue weighted by Crippen LogP contribution is -2.27. The molecule has 0 aliphatic rings. The molecule has 0 heterocycles. The second-order valence-electron chi connectivity index (χ2n) is 3.88. The maximum atomic E-state index is 11.3. The quantitative estimate of drug-likeness (QED) is 0.473. The largest absolute Gasteiger partial charge is 0.385 e. The van der Waals surface area contributed by atoms with Crippen molar-refractivity contribution in [1.82, 2.24) is 0 Å². The summed E-state index contributed by atoms with van der Waals surface area (Å²) in [5, 5.41) is 9.17. The topological polar surface area (TPSA) is 54.4 Å². The Morgan fingerprint density at radius 1 is 1.07 bits per heavy atom. The second-order valence-corrected chi connectivity index (χ2v) is 3.88. The van der Waals surface area contributed by atoms with Crippen LogP contribution in [0.2, 0.25) is 0 Å². The minimum atomic E-state index is -1.09. The molecule has 0 aliphatic carbocycles. The molecule has 0 radical (unpaired) electrons. The number of rotatable bonds is 9. The number of carbonyl (C=O) groups excluding carboxylic acids is 2. The van der Waals surface area contributed by atoms with Gasteiger partial charge in [-0.05, 0) is 12.8 Å². The molecule has 0 spiro atoms.